The van der Waals surface area contributed by atoms with E-state index in [4.69, 9.17) is 11.6 Å². The van der Waals surface area contributed by atoms with E-state index in [9.17, 15) is 9.18 Å². The van der Waals surface area contributed by atoms with Crippen LogP contribution in [0.4, 0.5) is 4.39 Å². The second-order valence-corrected chi connectivity index (χ2v) is 5.78. The maximum Gasteiger partial charge on any atom is 0.340 e. The fraction of sp³-hybridized carbons (Fsp3) is 0.188. The minimum atomic E-state index is -0.664. The van der Waals surface area contributed by atoms with Crippen molar-refractivity contribution in [2.75, 3.05) is 7.11 Å². The zero-order valence-electron chi connectivity index (χ0n) is 11.4. The molecule has 0 fully saturated rings. The Labute approximate surface area is 132 Å². The quantitative estimate of drug-likeness (QED) is 0.746. The summed E-state index contributed by atoms with van der Waals surface area (Å²) in [4.78, 5) is 11.3. The van der Waals surface area contributed by atoms with Gasteiger partial charge >= 0.3 is 5.97 Å². The molecule has 2 rings (SSSR count). The number of carbonyl (C=O) groups excluding carboxylic acids is 1. The highest BCUT2D eigenvalue weighted by Crippen LogP contribution is 2.24. The SMILES string of the molecule is COC(=O)c1ccc(CSCc2ccccc2Cl)cc1F. The van der Waals surface area contributed by atoms with E-state index in [0.29, 0.717) is 5.75 Å². The van der Waals surface area contributed by atoms with Gasteiger partial charge in [-0.2, -0.15) is 11.8 Å². The van der Waals surface area contributed by atoms with Gasteiger partial charge in [0.25, 0.3) is 0 Å². The first-order valence-electron chi connectivity index (χ1n) is 6.29. The van der Waals surface area contributed by atoms with Crippen LogP contribution in [-0.2, 0) is 16.2 Å². The summed E-state index contributed by atoms with van der Waals surface area (Å²) in [5.41, 5.74) is 1.82. The van der Waals surface area contributed by atoms with Gasteiger partial charge in [-0.25, -0.2) is 9.18 Å². The number of rotatable bonds is 5. The van der Waals surface area contributed by atoms with Crippen LogP contribution in [0.5, 0.6) is 0 Å². The molecule has 0 saturated carbocycles. The lowest BCUT2D eigenvalue weighted by molar-refractivity contribution is 0.0595. The number of methoxy groups -OCH3 is 1. The Bertz CT molecular complexity index is 646. The monoisotopic (exact) mass is 324 g/mol. The Hall–Kier alpha value is -1.52. The third-order valence-corrected chi connectivity index (χ3v) is 4.34. The number of hydrogen-bond donors (Lipinski definition) is 0. The topological polar surface area (TPSA) is 26.3 Å². The highest BCUT2D eigenvalue weighted by Gasteiger charge is 2.12. The molecule has 5 heteroatoms. The maximum atomic E-state index is 13.8. The molecule has 0 aliphatic rings. The molecule has 0 unspecified atom stereocenters. The van der Waals surface area contributed by atoms with Gasteiger partial charge in [0.05, 0.1) is 12.7 Å². The second kappa shape index (κ2) is 7.48. The third-order valence-electron chi connectivity index (χ3n) is 2.92. The molecule has 0 aromatic heterocycles. The first kappa shape index (κ1) is 15.9. The van der Waals surface area contributed by atoms with Gasteiger partial charge in [0, 0.05) is 16.5 Å². The van der Waals surface area contributed by atoms with Crippen LogP contribution in [0.25, 0.3) is 0 Å². The Balaban J connectivity index is 1.97. The lowest BCUT2D eigenvalue weighted by Gasteiger charge is -2.06. The molecule has 0 heterocycles. The molecule has 2 aromatic rings. The summed E-state index contributed by atoms with van der Waals surface area (Å²) >= 11 is 7.71. The standard InChI is InChI=1S/C16H14ClFO2S/c1-20-16(19)13-7-6-11(8-15(13)18)9-21-10-12-4-2-3-5-14(12)17/h2-8H,9-10H2,1H3. The van der Waals surface area contributed by atoms with Crippen molar-refractivity contribution in [3.8, 4) is 0 Å². The van der Waals surface area contributed by atoms with E-state index >= 15 is 0 Å². The minimum Gasteiger partial charge on any atom is -0.465 e. The Kier molecular flexibility index (Phi) is 5.65. The number of halogens is 2. The number of ether oxygens (including phenoxy) is 1. The zero-order chi connectivity index (χ0) is 15.2. The summed E-state index contributed by atoms with van der Waals surface area (Å²) in [7, 11) is 1.23. The van der Waals surface area contributed by atoms with E-state index in [1.165, 1.54) is 19.2 Å². The average Bonchev–Trinajstić information content (AvgIpc) is 2.48. The molecule has 0 N–H and O–H groups in total. The van der Waals surface area contributed by atoms with Gasteiger partial charge in [-0.05, 0) is 29.3 Å². The molecule has 0 spiro atoms. The minimum absolute atomic E-state index is 0.0441. The number of benzene rings is 2. The highest BCUT2D eigenvalue weighted by atomic mass is 35.5. The highest BCUT2D eigenvalue weighted by molar-refractivity contribution is 7.97. The molecule has 0 aliphatic carbocycles. The number of carbonyl (C=O) groups is 1. The van der Waals surface area contributed by atoms with E-state index in [-0.39, 0.29) is 5.56 Å². The summed E-state index contributed by atoms with van der Waals surface area (Å²) in [6, 6.07) is 12.2. The largest absolute Gasteiger partial charge is 0.465 e. The van der Waals surface area contributed by atoms with E-state index in [1.54, 1.807) is 17.8 Å². The molecular weight excluding hydrogens is 311 g/mol. The molecule has 0 aliphatic heterocycles. The van der Waals surface area contributed by atoms with Gasteiger partial charge < -0.3 is 4.74 Å². The van der Waals surface area contributed by atoms with Crippen molar-refractivity contribution in [1.82, 2.24) is 0 Å². The zero-order valence-corrected chi connectivity index (χ0v) is 13.0. The Morgan fingerprint density at radius 2 is 2.00 bits per heavy atom. The van der Waals surface area contributed by atoms with Crippen LogP contribution < -0.4 is 0 Å². The fourth-order valence-electron chi connectivity index (χ4n) is 1.82. The van der Waals surface area contributed by atoms with Crippen LogP contribution in [0, 0.1) is 5.82 Å². The molecule has 0 atom stereocenters. The number of hydrogen-bond acceptors (Lipinski definition) is 3. The fourth-order valence-corrected chi connectivity index (χ4v) is 3.09. The van der Waals surface area contributed by atoms with Gasteiger partial charge in [0.1, 0.15) is 5.82 Å². The van der Waals surface area contributed by atoms with Crippen molar-refractivity contribution in [2.24, 2.45) is 0 Å². The molecule has 21 heavy (non-hydrogen) atoms. The predicted octanol–water partition coefficient (Wildman–Crippen LogP) is 4.70. The van der Waals surface area contributed by atoms with Crippen LogP contribution in [0.15, 0.2) is 42.5 Å². The normalized spacial score (nSPS) is 10.4. The summed E-state index contributed by atoms with van der Waals surface area (Å²) in [5, 5.41) is 0.734. The third kappa shape index (κ3) is 4.22. The van der Waals surface area contributed by atoms with Crippen LogP contribution in [0.2, 0.25) is 5.02 Å². The Morgan fingerprint density at radius 1 is 1.24 bits per heavy atom. The van der Waals surface area contributed by atoms with Crippen LogP contribution in [-0.4, -0.2) is 13.1 Å². The van der Waals surface area contributed by atoms with Gasteiger partial charge in [0.15, 0.2) is 0 Å². The molecule has 0 bridgehead atoms. The molecule has 0 radical (unpaired) electrons. The Morgan fingerprint density at radius 3 is 2.67 bits per heavy atom. The molecule has 110 valence electrons. The van der Waals surface area contributed by atoms with Crippen molar-refractivity contribution >= 4 is 29.3 Å². The van der Waals surface area contributed by atoms with Gasteiger partial charge in [-0.1, -0.05) is 35.9 Å². The van der Waals surface area contributed by atoms with Gasteiger partial charge in [0.2, 0.25) is 0 Å². The van der Waals surface area contributed by atoms with Gasteiger partial charge in [-0.15, -0.1) is 0 Å². The van der Waals surface area contributed by atoms with Crippen molar-refractivity contribution in [2.45, 2.75) is 11.5 Å². The van der Waals surface area contributed by atoms with E-state index < -0.39 is 11.8 Å². The smallest absolute Gasteiger partial charge is 0.340 e. The maximum absolute atomic E-state index is 13.8. The summed E-state index contributed by atoms with van der Waals surface area (Å²) in [5.74, 6) is 0.171. The summed E-state index contributed by atoms with van der Waals surface area (Å²) < 4.78 is 18.3. The van der Waals surface area contributed by atoms with Crippen LogP contribution >= 0.6 is 23.4 Å². The lowest BCUT2D eigenvalue weighted by Crippen LogP contribution is -2.04. The molecule has 0 amide bonds. The second-order valence-electron chi connectivity index (χ2n) is 4.39. The van der Waals surface area contributed by atoms with E-state index in [2.05, 4.69) is 4.74 Å². The van der Waals surface area contributed by atoms with Crippen LogP contribution in [0.1, 0.15) is 21.5 Å². The lowest BCUT2D eigenvalue weighted by atomic mass is 10.1. The average molecular weight is 325 g/mol. The van der Waals surface area contributed by atoms with E-state index in [0.717, 1.165) is 21.9 Å². The number of esters is 1. The van der Waals surface area contributed by atoms with Crippen molar-refractivity contribution < 1.29 is 13.9 Å². The molecule has 2 nitrogen and oxygen atoms in total. The van der Waals surface area contributed by atoms with Crippen molar-refractivity contribution in [3.05, 3.63) is 70.0 Å². The molecule has 0 saturated heterocycles. The van der Waals surface area contributed by atoms with E-state index in [1.807, 2.05) is 24.3 Å². The first-order valence-corrected chi connectivity index (χ1v) is 7.83. The van der Waals surface area contributed by atoms with Crippen LogP contribution in [0.3, 0.4) is 0 Å². The summed E-state index contributed by atoms with van der Waals surface area (Å²) in [6.07, 6.45) is 0. The first-order chi connectivity index (χ1) is 10.1. The molecular formula is C16H14ClFO2S. The van der Waals surface area contributed by atoms with Crippen molar-refractivity contribution in [3.63, 3.8) is 0 Å². The summed E-state index contributed by atoms with van der Waals surface area (Å²) in [6.45, 7) is 0. The van der Waals surface area contributed by atoms with Crippen molar-refractivity contribution in [1.29, 1.82) is 0 Å². The number of thioether (sulfide) groups is 1. The predicted molar refractivity (Wildman–Crippen MR) is 84.2 cm³/mol. The molecule has 2 aromatic carbocycles. The van der Waals surface area contributed by atoms with Gasteiger partial charge in [-0.3, -0.25) is 0 Å².